The Morgan fingerprint density at radius 2 is 1.61 bits per heavy atom. The third-order valence-electron chi connectivity index (χ3n) is 4.99. The van der Waals surface area contributed by atoms with Gasteiger partial charge in [-0.1, -0.05) is 54.1 Å². The van der Waals surface area contributed by atoms with Crippen LogP contribution in [0.1, 0.15) is 18.9 Å². The molecule has 0 heterocycles. The van der Waals surface area contributed by atoms with E-state index in [0.717, 1.165) is 22.0 Å². The SMILES string of the molecule is CCN(C(=O)COC(=O)CCS(=O)(=O)c1ccc(C)cc1)c1cccc2ccccc12. The van der Waals surface area contributed by atoms with Crippen LogP contribution in [0.5, 0.6) is 0 Å². The Morgan fingerprint density at radius 3 is 2.32 bits per heavy atom. The summed E-state index contributed by atoms with van der Waals surface area (Å²) in [6.45, 7) is 3.67. The van der Waals surface area contributed by atoms with E-state index in [1.165, 1.54) is 12.1 Å². The minimum absolute atomic E-state index is 0.162. The maximum absolute atomic E-state index is 12.7. The lowest BCUT2D eigenvalue weighted by molar-refractivity contribution is -0.147. The fraction of sp³-hybridized carbons (Fsp3) is 0.250. The summed E-state index contributed by atoms with van der Waals surface area (Å²) in [5.41, 5.74) is 1.69. The quantitative estimate of drug-likeness (QED) is 0.497. The Kier molecular flexibility index (Phi) is 7.07. The normalized spacial score (nSPS) is 11.3. The second-order valence-electron chi connectivity index (χ2n) is 7.18. The average molecular weight is 440 g/mol. The van der Waals surface area contributed by atoms with Crippen LogP contribution in [-0.4, -0.2) is 39.2 Å². The number of carbonyl (C=O) groups is 2. The first-order valence-corrected chi connectivity index (χ1v) is 11.7. The van der Waals surface area contributed by atoms with Crippen LogP contribution in [0, 0.1) is 6.92 Å². The first-order valence-electron chi connectivity index (χ1n) is 10.0. The molecule has 0 spiro atoms. The third-order valence-corrected chi connectivity index (χ3v) is 6.72. The molecule has 0 unspecified atom stereocenters. The van der Waals surface area contributed by atoms with Gasteiger partial charge in [-0.15, -0.1) is 0 Å². The van der Waals surface area contributed by atoms with Gasteiger partial charge in [0.05, 0.1) is 22.8 Å². The van der Waals surface area contributed by atoms with Gasteiger partial charge in [0.25, 0.3) is 5.91 Å². The van der Waals surface area contributed by atoms with Crippen LogP contribution < -0.4 is 4.90 Å². The molecule has 0 atom stereocenters. The van der Waals surface area contributed by atoms with Gasteiger partial charge in [-0.3, -0.25) is 9.59 Å². The van der Waals surface area contributed by atoms with E-state index in [2.05, 4.69) is 0 Å². The van der Waals surface area contributed by atoms with Crippen molar-refractivity contribution in [1.82, 2.24) is 0 Å². The molecule has 3 rings (SSSR count). The van der Waals surface area contributed by atoms with Gasteiger partial charge in [-0.25, -0.2) is 8.42 Å². The van der Waals surface area contributed by atoms with Crippen molar-refractivity contribution in [3.63, 3.8) is 0 Å². The van der Waals surface area contributed by atoms with Crippen molar-refractivity contribution in [3.8, 4) is 0 Å². The van der Waals surface area contributed by atoms with Gasteiger partial charge >= 0.3 is 5.97 Å². The van der Waals surface area contributed by atoms with Crippen LogP contribution >= 0.6 is 0 Å². The number of fused-ring (bicyclic) bond motifs is 1. The van der Waals surface area contributed by atoms with Crippen LogP contribution in [0.4, 0.5) is 5.69 Å². The van der Waals surface area contributed by atoms with Crippen LogP contribution in [0.15, 0.2) is 71.6 Å². The molecule has 6 nitrogen and oxygen atoms in total. The lowest BCUT2D eigenvalue weighted by Gasteiger charge is -2.22. The maximum atomic E-state index is 12.7. The summed E-state index contributed by atoms with van der Waals surface area (Å²) >= 11 is 0. The van der Waals surface area contributed by atoms with Crippen LogP contribution in [0.3, 0.4) is 0 Å². The number of nitrogens with zero attached hydrogens (tertiary/aromatic N) is 1. The van der Waals surface area contributed by atoms with Gasteiger partial charge in [-0.2, -0.15) is 0 Å². The Bertz CT molecular complexity index is 1180. The van der Waals surface area contributed by atoms with E-state index in [1.54, 1.807) is 17.0 Å². The number of likely N-dealkylation sites (N-methyl/N-ethyl adjacent to an activating group) is 1. The fourth-order valence-electron chi connectivity index (χ4n) is 3.30. The highest BCUT2D eigenvalue weighted by molar-refractivity contribution is 7.91. The number of hydrogen-bond donors (Lipinski definition) is 0. The zero-order valence-electron chi connectivity index (χ0n) is 17.6. The maximum Gasteiger partial charge on any atom is 0.307 e. The molecule has 0 saturated heterocycles. The van der Waals surface area contributed by atoms with Crippen LogP contribution in [0.2, 0.25) is 0 Å². The molecule has 0 saturated carbocycles. The number of benzene rings is 3. The van der Waals surface area contributed by atoms with Crippen molar-refractivity contribution in [2.24, 2.45) is 0 Å². The van der Waals surface area contributed by atoms with Gasteiger partial charge < -0.3 is 9.64 Å². The third kappa shape index (κ3) is 5.49. The number of ether oxygens (including phenoxy) is 1. The number of sulfone groups is 1. The fourth-order valence-corrected chi connectivity index (χ4v) is 4.52. The highest BCUT2D eigenvalue weighted by Gasteiger charge is 2.20. The molecule has 0 aliphatic rings. The van der Waals surface area contributed by atoms with E-state index in [0.29, 0.717) is 6.54 Å². The van der Waals surface area contributed by atoms with Gasteiger partial charge in [-0.05, 0) is 37.4 Å². The van der Waals surface area contributed by atoms with Crippen LogP contribution in [0.25, 0.3) is 10.8 Å². The summed E-state index contributed by atoms with van der Waals surface area (Å²) in [4.78, 5) is 26.5. The highest BCUT2D eigenvalue weighted by Crippen LogP contribution is 2.26. The van der Waals surface area contributed by atoms with E-state index in [1.807, 2.05) is 56.3 Å². The molecule has 0 aliphatic carbocycles. The topological polar surface area (TPSA) is 80.8 Å². The van der Waals surface area contributed by atoms with E-state index in [4.69, 9.17) is 4.74 Å². The van der Waals surface area contributed by atoms with Crippen molar-refractivity contribution in [1.29, 1.82) is 0 Å². The lowest BCUT2D eigenvalue weighted by atomic mass is 10.1. The number of anilines is 1. The minimum atomic E-state index is -3.60. The Labute approximate surface area is 182 Å². The summed E-state index contributed by atoms with van der Waals surface area (Å²) in [5.74, 6) is -1.46. The first-order chi connectivity index (χ1) is 14.8. The Balaban J connectivity index is 1.60. The summed E-state index contributed by atoms with van der Waals surface area (Å²) in [7, 11) is -3.60. The summed E-state index contributed by atoms with van der Waals surface area (Å²) in [5, 5.41) is 1.93. The molecule has 3 aromatic carbocycles. The molecule has 0 aromatic heterocycles. The van der Waals surface area contributed by atoms with E-state index in [-0.39, 0.29) is 23.0 Å². The Hall–Kier alpha value is -3.19. The number of rotatable bonds is 8. The van der Waals surface area contributed by atoms with Crippen molar-refractivity contribution in [3.05, 3.63) is 72.3 Å². The summed E-state index contributed by atoms with van der Waals surface area (Å²) < 4.78 is 29.8. The molecule has 0 radical (unpaired) electrons. The molecule has 31 heavy (non-hydrogen) atoms. The molecule has 0 aliphatic heterocycles. The van der Waals surface area contributed by atoms with Crippen molar-refractivity contribution >= 4 is 38.2 Å². The van der Waals surface area contributed by atoms with Crippen molar-refractivity contribution < 1.29 is 22.7 Å². The van der Waals surface area contributed by atoms with Gasteiger partial charge in [0.2, 0.25) is 0 Å². The van der Waals surface area contributed by atoms with Crippen molar-refractivity contribution in [2.75, 3.05) is 23.8 Å². The summed E-state index contributed by atoms with van der Waals surface area (Å²) in [6, 6.07) is 19.9. The van der Waals surface area contributed by atoms with E-state index < -0.39 is 22.4 Å². The van der Waals surface area contributed by atoms with Gasteiger partial charge in [0, 0.05) is 11.9 Å². The molecule has 1 amide bonds. The van der Waals surface area contributed by atoms with Crippen molar-refractivity contribution in [2.45, 2.75) is 25.2 Å². The average Bonchev–Trinajstić information content (AvgIpc) is 2.77. The minimum Gasteiger partial charge on any atom is -0.456 e. The molecule has 7 heteroatoms. The molecule has 0 bridgehead atoms. The predicted molar refractivity (Wildman–Crippen MR) is 121 cm³/mol. The predicted octanol–water partition coefficient (Wildman–Crippen LogP) is 3.91. The van der Waals surface area contributed by atoms with Gasteiger partial charge in [0.1, 0.15) is 0 Å². The second-order valence-corrected chi connectivity index (χ2v) is 9.29. The second kappa shape index (κ2) is 9.75. The van der Waals surface area contributed by atoms with Crippen LogP contribution in [-0.2, 0) is 24.2 Å². The van der Waals surface area contributed by atoms with Gasteiger partial charge in [0.15, 0.2) is 16.4 Å². The zero-order valence-corrected chi connectivity index (χ0v) is 18.4. The number of esters is 1. The first kappa shape index (κ1) is 22.5. The lowest BCUT2D eigenvalue weighted by Crippen LogP contribution is -2.34. The molecular formula is C24H25NO5S. The smallest absolute Gasteiger partial charge is 0.307 e. The Morgan fingerprint density at radius 1 is 0.935 bits per heavy atom. The summed E-state index contributed by atoms with van der Waals surface area (Å²) in [6.07, 6.45) is -0.316. The van der Waals surface area contributed by atoms with E-state index >= 15 is 0 Å². The number of amides is 1. The number of aryl methyl sites for hydroxylation is 1. The largest absolute Gasteiger partial charge is 0.456 e. The molecular weight excluding hydrogens is 414 g/mol. The zero-order chi connectivity index (χ0) is 22.4. The highest BCUT2D eigenvalue weighted by atomic mass is 32.2. The monoisotopic (exact) mass is 439 g/mol. The molecule has 0 fully saturated rings. The molecule has 0 N–H and O–H groups in total. The van der Waals surface area contributed by atoms with E-state index in [9.17, 15) is 18.0 Å². The molecule has 162 valence electrons. The number of hydrogen-bond acceptors (Lipinski definition) is 5. The standard InChI is InChI=1S/C24H25NO5S/c1-3-25(22-10-6-8-19-7-4-5-9-21(19)22)23(26)17-30-24(27)15-16-31(28,29)20-13-11-18(2)12-14-20/h4-14H,3,15-17H2,1-2H3. The molecule has 3 aromatic rings. The number of carbonyl (C=O) groups excluding carboxylic acids is 2.